The number of terminal acetylenes is 1. The summed E-state index contributed by atoms with van der Waals surface area (Å²) in [6, 6.07) is 5.51. The van der Waals surface area contributed by atoms with Gasteiger partial charge in [0.05, 0.1) is 5.69 Å². The van der Waals surface area contributed by atoms with E-state index in [9.17, 15) is 14.0 Å². The van der Waals surface area contributed by atoms with Crippen LogP contribution in [-0.2, 0) is 9.53 Å². The molecule has 0 unspecified atom stereocenters. The molecule has 0 saturated heterocycles. The van der Waals surface area contributed by atoms with Crippen LogP contribution in [0.15, 0.2) is 24.3 Å². The molecule has 0 N–H and O–H groups in total. The Morgan fingerprint density at radius 1 is 1.33 bits per heavy atom. The molecule has 0 radical (unpaired) electrons. The minimum absolute atomic E-state index is 0.0654. The number of amides is 2. The third-order valence-electron chi connectivity index (χ3n) is 2.40. The van der Waals surface area contributed by atoms with Gasteiger partial charge in [-0.05, 0) is 32.9 Å². The van der Waals surface area contributed by atoms with Crippen molar-refractivity contribution in [3.05, 3.63) is 30.1 Å². The van der Waals surface area contributed by atoms with Gasteiger partial charge >= 0.3 is 6.09 Å². The first kappa shape index (κ1) is 16.7. The quantitative estimate of drug-likeness (QED) is 0.801. The number of imide groups is 1. The summed E-state index contributed by atoms with van der Waals surface area (Å²) in [6.45, 7) is 4.99. The number of nitrogens with zero attached hydrogens (tertiary/aromatic N) is 1. The number of para-hydroxylation sites is 1. The molecule has 5 heteroatoms. The van der Waals surface area contributed by atoms with Crippen LogP contribution in [0.3, 0.4) is 0 Å². The molecule has 0 aliphatic heterocycles. The number of carbonyl (C=O) groups is 2. The molecule has 4 nitrogen and oxygen atoms in total. The zero-order chi connectivity index (χ0) is 16.0. The molecule has 0 spiro atoms. The van der Waals surface area contributed by atoms with Crippen LogP contribution in [0.4, 0.5) is 14.9 Å². The Hall–Kier alpha value is -2.35. The average molecular weight is 291 g/mol. The van der Waals surface area contributed by atoms with Crippen molar-refractivity contribution in [2.75, 3.05) is 4.90 Å². The predicted octanol–water partition coefficient (Wildman–Crippen LogP) is 3.51. The Kier molecular flexibility index (Phi) is 5.48. The number of hydrogen-bond acceptors (Lipinski definition) is 3. The number of benzene rings is 1. The summed E-state index contributed by atoms with van der Waals surface area (Å²) >= 11 is 0. The first-order chi connectivity index (χ1) is 9.76. The zero-order valence-electron chi connectivity index (χ0n) is 12.4. The predicted molar refractivity (Wildman–Crippen MR) is 78.2 cm³/mol. The molecule has 1 rings (SSSR count). The van der Waals surface area contributed by atoms with Gasteiger partial charge in [0, 0.05) is 12.8 Å². The largest absolute Gasteiger partial charge is 0.443 e. The molecular formula is C16H18FNO3. The van der Waals surface area contributed by atoms with Crippen molar-refractivity contribution < 1.29 is 18.7 Å². The second-order valence-electron chi connectivity index (χ2n) is 5.37. The van der Waals surface area contributed by atoms with Crippen LogP contribution >= 0.6 is 0 Å². The molecule has 0 fully saturated rings. The van der Waals surface area contributed by atoms with E-state index in [1.165, 1.54) is 24.3 Å². The minimum Gasteiger partial charge on any atom is -0.443 e. The summed E-state index contributed by atoms with van der Waals surface area (Å²) in [5, 5.41) is 0. The van der Waals surface area contributed by atoms with E-state index in [2.05, 4.69) is 5.92 Å². The van der Waals surface area contributed by atoms with Gasteiger partial charge in [-0.1, -0.05) is 12.1 Å². The van der Waals surface area contributed by atoms with E-state index in [1.807, 2.05) is 0 Å². The number of carbonyl (C=O) groups excluding carboxylic acids is 2. The van der Waals surface area contributed by atoms with Crippen molar-refractivity contribution >= 4 is 17.7 Å². The van der Waals surface area contributed by atoms with Gasteiger partial charge in [-0.3, -0.25) is 4.79 Å². The summed E-state index contributed by atoms with van der Waals surface area (Å²) in [5.41, 5.74) is -0.943. The van der Waals surface area contributed by atoms with Crippen molar-refractivity contribution in [2.24, 2.45) is 0 Å². The standard InChI is InChI=1S/C16H18FNO3/c1-5-6-11-14(19)18(15(20)21-16(2,3)4)13-10-8-7-9-12(13)17/h1,7-10H,6,11H2,2-4H3. The van der Waals surface area contributed by atoms with Gasteiger partial charge in [-0.2, -0.15) is 0 Å². The molecule has 2 amide bonds. The molecule has 112 valence electrons. The molecule has 0 aliphatic carbocycles. The molecule has 0 atom stereocenters. The van der Waals surface area contributed by atoms with Crippen LogP contribution in [0.5, 0.6) is 0 Å². The zero-order valence-corrected chi connectivity index (χ0v) is 12.4. The van der Waals surface area contributed by atoms with Crippen molar-refractivity contribution in [1.29, 1.82) is 0 Å². The topological polar surface area (TPSA) is 46.6 Å². The summed E-state index contributed by atoms with van der Waals surface area (Å²) in [7, 11) is 0. The fourth-order valence-corrected chi connectivity index (χ4v) is 1.57. The molecule has 0 saturated carbocycles. The van der Waals surface area contributed by atoms with Crippen molar-refractivity contribution in [3.8, 4) is 12.3 Å². The first-order valence-electron chi connectivity index (χ1n) is 6.50. The second-order valence-corrected chi connectivity index (χ2v) is 5.37. The van der Waals surface area contributed by atoms with Crippen LogP contribution in [0.25, 0.3) is 0 Å². The van der Waals surface area contributed by atoms with E-state index >= 15 is 0 Å². The fourth-order valence-electron chi connectivity index (χ4n) is 1.57. The highest BCUT2D eigenvalue weighted by Gasteiger charge is 2.29. The first-order valence-corrected chi connectivity index (χ1v) is 6.50. The molecule has 1 aromatic carbocycles. The SMILES string of the molecule is C#CCCC(=O)N(C(=O)OC(C)(C)C)c1ccccc1F. The van der Waals surface area contributed by atoms with Crippen molar-refractivity contribution in [2.45, 2.75) is 39.2 Å². The lowest BCUT2D eigenvalue weighted by atomic mass is 10.2. The summed E-state index contributed by atoms with van der Waals surface area (Å²) in [5.74, 6) is 1.03. The third kappa shape index (κ3) is 4.92. The monoisotopic (exact) mass is 291 g/mol. The maximum Gasteiger partial charge on any atom is 0.421 e. The lowest BCUT2D eigenvalue weighted by Gasteiger charge is -2.26. The molecule has 1 aromatic rings. The van der Waals surface area contributed by atoms with Gasteiger partial charge in [-0.15, -0.1) is 12.3 Å². The van der Waals surface area contributed by atoms with Crippen molar-refractivity contribution in [3.63, 3.8) is 0 Å². The molecule has 0 aromatic heterocycles. The Bertz CT molecular complexity index is 570. The van der Waals surface area contributed by atoms with E-state index in [1.54, 1.807) is 20.8 Å². The van der Waals surface area contributed by atoms with Crippen LogP contribution in [0, 0.1) is 18.2 Å². The highest BCUT2D eigenvalue weighted by Crippen LogP contribution is 2.22. The Balaban J connectivity index is 3.12. The normalized spacial score (nSPS) is 10.6. The van der Waals surface area contributed by atoms with Crippen LogP contribution in [-0.4, -0.2) is 17.6 Å². The van der Waals surface area contributed by atoms with Crippen LogP contribution in [0.1, 0.15) is 33.6 Å². The van der Waals surface area contributed by atoms with Gasteiger partial charge in [0.15, 0.2) is 0 Å². The van der Waals surface area contributed by atoms with Crippen LogP contribution < -0.4 is 4.90 Å². The van der Waals surface area contributed by atoms with E-state index in [4.69, 9.17) is 11.2 Å². The highest BCUT2D eigenvalue weighted by molar-refractivity contribution is 6.12. The van der Waals surface area contributed by atoms with E-state index < -0.39 is 23.4 Å². The van der Waals surface area contributed by atoms with Crippen molar-refractivity contribution in [1.82, 2.24) is 0 Å². The van der Waals surface area contributed by atoms with E-state index in [0.717, 1.165) is 0 Å². The molecular weight excluding hydrogens is 273 g/mol. The second kappa shape index (κ2) is 6.89. The number of anilines is 1. The summed E-state index contributed by atoms with van der Waals surface area (Å²) in [6.07, 6.45) is 4.28. The fraction of sp³-hybridized carbons (Fsp3) is 0.375. The molecule has 0 heterocycles. The maximum absolute atomic E-state index is 13.9. The summed E-state index contributed by atoms with van der Waals surface area (Å²) < 4.78 is 19.0. The number of hydrogen-bond donors (Lipinski definition) is 0. The maximum atomic E-state index is 13.9. The molecule has 21 heavy (non-hydrogen) atoms. The highest BCUT2D eigenvalue weighted by atomic mass is 19.1. The summed E-state index contributed by atoms with van der Waals surface area (Å²) in [4.78, 5) is 25.0. The van der Waals surface area contributed by atoms with Gasteiger partial charge in [0.2, 0.25) is 5.91 Å². The Morgan fingerprint density at radius 2 is 1.95 bits per heavy atom. The van der Waals surface area contributed by atoms with E-state index in [-0.39, 0.29) is 18.5 Å². The average Bonchev–Trinajstić information content (AvgIpc) is 2.37. The number of rotatable bonds is 3. The third-order valence-corrected chi connectivity index (χ3v) is 2.40. The molecule has 0 bridgehead atoms. The van der Waals surface area contributed by atoms with Gasteiger partial charge in [0.25, 0.3) is 0 Å². The van der Waals surface area contributed by atoms with Gasteiger partial charge < -0.3 is 4.74 Å². The van der Waals surface area contributed by atoms with Gasteiger partial charge in [-0.25, -0.2) is 14.1 Å². The smallest absolute Gasteiger partial charge is 0.421 e. The number of halogens is 1. The minimum atomic E-state index is -0.922. The number of ether oxygens (including phenoxy) is 1. The van der Waals surface area contributed by atoms with Crippen LogP contribution in [0.2, 0.25) is 0 Å². The Morgan fingerprint density at radius 3 is 2.48 bits per heavy atom. The lowest BCUT2D eigenvalue weighted by Crippen LogP contribution is -2.41. The molecule has 0 aliphatic rings. The Labute approximate surface area is 123 Å². The van der Waals surface area contributed by atoms with E-state index in [0.29, 0.717) is 4.90 Å². The lowest BCUT2D eigenvalue weighted by molar-refractivity contribution is -0.118. The van der Waals surface area contributed by atoms with Gasteiger partial charge in [0.1, 0.15) is 11.4 Å².